The molecule has 1 atom stereocenters. The first-order chi connectivity index (χ1) is 12.3. The normalized spacial score (nSPS) is 19.1. The number of carbonyl (C=O) groups is 1. The van der Waals surface area contributed by atoms with E-state index in [9.17, 15) is 4.79 Å². The molecule has 1 aromatic carbocycles. The van der Waals surface area contributed by atoms with Gasteiger partial charge in [-0.15, -0.1) is 0 Å². The van der Waals surface area contributed by atoms with Crippen LogP contribution in [-0.2, 0) is 11.3 Å². The average Bonchev–Trinajstić information content (AvgIpc) is 2.56. The van der Waals surface area contributed by atoms with Gasteiger partial charge in [0, 0.05) is 31.7 Å². The SMILES string of the molecule is CCOc1cc(CN2CCN(CC)C(C)(C)C2)ccc1O[C@H](C)C(=O)O. The monoisotopic (exact) mass is 364 g/mol. The standard InChI is InChI=1S/C20H32N2O4/c1-6-22-11-10-21(14-20(22,4)5)13-16-8-9-17(18(12-16)25-7-2)26-15(3)19(23)24/h8-9,12,15H,6-7,10-11,13-14H2,1-5H3,(H,23,24)/t15-/m1/s1. The van der Waals surface area contributed by atoms with E-state index in [-0.39, 0.29) is 5.54 Å². The van der Waals surface area contributed by atoms with Gasteiger partial charge in [-0.2, -0.15) is 0 Å². The van der Waals surface area contributed by atoms with Crippen molar-refractivity contribution in [3.8, 4) is 11.5 Å². The number of likely N-dealkylation sites (N-methyl/N-ethyl adjacent to an activating group) is 1. The number of hydrogen-bond acceptors (Lipinski definition) is 5. The predicted octanol–water partition coefficient (Wildman–Crippen LogP) is 2.85. The predicted molar refractivity (Wildman–Crippen MR) is 102 cm³/mol. The van der Waals surface area contributed by atoms with Gasteiger partial charge in [-0.3, -0.25) is 9.80 Å². The molecule has 0 bridgehead atoms. The minimum absolute atomic E-state index is 0.162. The van der Waals surface area contributed by atoms with E-state index in [0.29, 0.717) is 18.1 Å². The first kappa shape index (κ1) is 20.5. The van der Waals surface area contributed by atoms with Crippen LogP contribution in [0, 0.1) is 0 Å². The van der Waals surface area contributed by atoms with Crippen LogP contribution in [0.2, 0.25) is 0 Å². The molecule has 0 spiro atoms. The molecular weight excluding hydrogens is 332 g/mol. The van der Waals surface area contributed by atoms with E-state index >= 15 is 0 Å². The van der Waals surface area contributed by atoms with Gasteiger partial charge >= 0.3 is 5.97 Å². The van der Waals surface area contributed by atoms with E-state index in [0.717, 1.165) is 38.3 Å². The summed E-state index contributed by atoms with van der Waals surface area (Å²) in [6, 6.07) is 5.77. The Kier molecular flexibility index (Phi) is 6.89. The molecule has 1 heterocycles. The molecule has 0 aromatic heterocycles. The molecule has 26 heavy (non-hydrogen) atoms. The van der Waals surface area contributed by atoms with Crippen molar-refractivity contribution >= 4 is 5.97 Å². The molecule has 6 nitrogen and oxygen atoms in total. The van der Waals surface area contributed by atoms with Crippen LogP contribution in [0.1, 0.15) is 40.2 Å². The van der Waals surface area contributed by atoms with Crippen molar-refractivity contribution in [2.24, 2.45) is 0 Å². The Morgan fingerprint density at radius 1 is 1.27 bits per heavy atom. The topological polar surface area (TPSA) is 62.2 Å². The molecule has 0 unspecified atom stereocenters. The number of aliphatic carboxylic acids is 1. The van der Waals surface area contributed by atoms with Gasteiger partial charge < -0.3 is 14.6 Å². The van der Waals surface area contributed by atoms with Gasteiger partial charge in [0.15, 0.2) is 17.6 Å². The fourth-order valence-electron chi connectivity index (χ4n) is 3.53. The van der Waals surface area contributed by atoms with E-state index in [4.69, 9.17) is 14.6 Å². The fraction of sp³-hybridized carbons (Fsp3) is 0.650. The molecule has 146 valence electrons. The smallest absolute Gasteiger partial charge is 0.344 e. The first-order valence-corrected chi connectivity index (χ1v) is 9.39. The minimum atomic E-state index is -0.993. The molecule has 2 rings (SSSR count). The Labute approximate surface area is 156 Å². The van der Waals surface area contributed by atoms with Crippen LogP contribution in [0.5, 0.6) is 11.5 Å². The van der Waals surface area contributed by atoms with Crippen molar-refractivity contribution in [2.75, 3.05) is 32.8 Å². The van der Waals surface area contributed by atoms with Crippen molar-refractivity contribution < 1.29 is 19.4 Å². The maximum atomic E-state index is 11.0. The van der Waals surface area contributed by atoms with E-state index in [1.165, 1.54) is 6.92 Å². The van der Waals surface area contributed by atoms with Gasteiger partial charge in [0.05, 0.1) is 6.61 Å². The highest BCUT2D eigenvalue weighted by Crippen LogP contribution is 2.31. The Morgan fingerprint density at radius 2 is 2.00 bits per heavy atom. The van der Waals surface area contributed by atoms with Crippen molar-refractivity contribution in [1.29, 1.82) is 0 Å². The van der Waals surface area contributed by atoms with Gasteiger partial charge in [-0.1, -0.05) is 13.0 Å². The molecule has 1 aliphatic heterocycles. The van der Waals surface area contributed by atoms with Crippen molar-refractivity contribution in [3.63, 3.8) is 0 Å². The van der Waals surface area contributed by atoms with Gasteiger partial charge in [0.1, 0.15) is 0 Å². The molecule has 0 radical (unpaired) electrons. The van der Waals surface area contributed by atoms with Crippen LogP contribution in [0.4, 0.5) is 0 Å². The molecule has 0 amide bonds. The van der Waals surface area contributed by atoms with Crippen LogP contribution in [0.3, 0.4) is 0 Å². The zero-order valence-corrected chi connectivity index (χ0v) is 16.6. The summed E-state index contributed by atoms with van der Waals surface area (Å²) in [5.41, 5.74) is 1.31. The van der Waals surface area contributed by atoms with E-state index in [1.54, 1.807) is 0 Å². The number of benzene rings is 1. The molecule has 1 saturated heterocycles. The van der Waals surface area contributed by atoms with Gasteiger partial charge in [0.2, 0.25) is 0 Å². The van der Waals surface area contributed by atoms with E-state index in [2.05, 4.69) is 30.6 Å². The second-order valence-electron chi connectivity index (χ2n) is 7.42. The minimum Gasteiger partial charge on any atom is -0.490 e. The number of rotatable bonds is 8. The number of carboxylic acids is 1. The fourth-order valence-corrected chi connectivity index (χ4v) is 3.53. The summed E-state index contributed by atoms with van der Waals surface area (Å²) in [7, 11) is 0. The molecule has 1 aliphatic rings. The van der Waals surface area contributed by atoms with Crippen LogP contribution in [0.15, 0.2) is 18.2 Å². The summed E-state index contributed by atoms with van der Waals surface area (Å²) >= 11 is 0. The van der Waals surface area contributed by atoms with Crippen LogP contribution in [0.25, 0.3) is 0 Å². The third kappa shape index (κ3) is 5.11. The number of hydrogen-bond donors (Lipinski definition) is 1. The first-order valence-electron chi connectivity index (χ1n) is 9.39. The third-order valence-corrected chi connectivity index (χ3v) is 4.90. The number of piperazine rings is 1. The largest absolute Gasteiger partial charge is 0.490 e. The highest BCUT2D eigenvalue weighted by atomic mass is 16.5. The summed E-state index contributed by atoms with van der Waals surface area (Å²) in [4.78, 5) is 16.0. The lowest BCUT2D eigenvalue weighted by atomic mass is 9.98. The second-order valence-corrected chi connectivity index (χ2v) is 7.42. The maximum Gasteiger partial charge on any atom is 0.344 e. The highest BCUT2D eigenvalue weighted by Gasteiger charge is 2.32. The van der Waals surface area contributed by atoms with Crippen molar-refractivity contribution in [2.45, 2.75) is 52.8 Å². The lowest BCUT2D eigenvalue weighted by Gasteiger charge is -2.47. The lowest BCUT2D eigenvalue weighted by Crippen LogP contribution is -2.58. The number of carboxylic acid groups (broad SMARTS) is 1. The molecule has 0 aliphatic carbocycles. The van der Waals surface area contributed by atoms with E-state index < -0.39 is 12.1 Å². The Balaban J connectivity index is 2.10. The average molecular weight is 364 g/mol. The van der Waals surface area contributed by atoms with Crippen molar-refractivity contribution in [1.82, 2.24) is 9.80 Å². The Bertz CT molecular complexity index is 618. The van der Waals surface area contributed by atoms with Crippen molar-refractivity contribution in [3.05, 3.63) is 23.8 Å². The zero-order chi connectivity index (χ0) is 19.3. The molecule has 1 N–H and O–H groups in total. The van der Waals surface area contributed by atoms with Crippen LogP contribution >= 0.6 is 0 Å². The summed E-state index contributed by atoms with van der Waals surface area (Å²) in [6.07, 6.45) is -0.914. The highest BCUT2D eigenvalue weighted by molar-refractivity contribution is 5.72. The zero-order valence-electron chi connectivity index (χ0n) is 16.6. The van der Waals surface area contributed by atoms with Crippen LogP contribution < -0.4 is 9.47 Å². The van der Waals surface area contributed by atoms with Gasteiger partial charge in [0.25, 0.3) is 0 Å². The Morgan fingerprint density at radius 3 is 2.58 bits per heavy atom. The van der Waals surface area contributed by atoms with E-state index in [1.807, 2.05) is 25.1 Å². The molecule has 0 saturated carbocycles. The quantitative estimate of drug-likeness (QED) is 0.765. The van der Waals surface area contributed by atoms with Gasteiger partial charge in [-0.25, -0.2) is 4.79 Å². The second kappa shape index (κ2) is 8.73. The number of nitrogens with zero attached hydrogens (tertiary/aromatic N) is 2. The molecular formula is C20H32N2O4. The molecule has 1 fully saturated rings. The molecule has 1 aromatic rings. The number of ether oxygens (including phenoxy) is 2. The third-order valence-electron chi connectivity index (χ3n) is 4.90. The van der Waals surface area contributed by atoms with Gasteiger partial charge in [-0.05, 0) is 51.9 Å². The summed E-state index contributed by atoms with van der Waals surface area (Å²) in [5.74, 6) is 0.0822. The summed E-state index contributed by atoms with van der Waals surface area (Å²) in [6.45, 7) is 15.8. The summed E-state index contributed by atoms with van der Waals surface area (Å²) < 4.78 is 11.2. The van der Waals surface area contributed by atoms with Crippen LogP contribution in [-0.4, -0.2) is 65.3 Å². The summed E-state index contributed by atoms with van der Waals surface area (Å²) in [5, 5.41) is 9.05. The molecule has 6 heteroatoms. The maximum absolute atomic E-state index is 11.0. The lowest BCUT2D eigenvalue weighted by molar-refractivity contribution is -0.144. The Hall–Kier alpha value is -1.79.